The standard InChI is InChI=1S/C19H28O6PS/c1-12-4-6-13(7-5-12)27(23,24)11-17-14-8-19(2,3)25-18(14)15(10-26(17)22)16(21)9-20/h4-7,14-18,20-21H,8-11H2,1-3H3/q+1. The lowest BCUT2D eigenvalue weighted by Gasteiger charge is -2.33. The number of aliphatic hydroxyl groups excluding tert-OH is 2. The second kappa shape index (κ2) is 7.53. The van der Waals surface area contributed by atoms with Crippen molar-refractivity contribution in [1.82, 2.24) is 0 Å². The summed E-state index contributed by atoms with van der Waals surface area (Å²) in [6.07, 6.45) is -0.655. The Hall–Kier alpha value is -0.850. The van der Waals surface area contributed by atoms with E-state index in [2.05, 4.69) is 0 Å². The highest BCUT2D eigenvalue weighted by Crippen LogP contribution is 2.54. The highest BCUT2D eigenvalue weighted by atomic mass is 32.2. The molecular weight excluding hydrogens is 387 g/mol. The first kappa shape index (κ1) is 20.9. The lowest BCUT2D eigenvalue weighted by atomic mass is 9.83. The summed E-state index contributed by atoms with van der Waals surface area (Å²) in [6.45, 7) is 5.31. The predicted octanol–water partition coefficient (Wildman–Crippen LogP) is 2.13. The van der Waals surface area contributed by atoms with Gasteiger partial charge in [0.2, 0.25) is 0 Å². The van der Waals surface area contributed by atoms with Crippen molar-refractivity contribution in [3.63, 3.8) is 0 Å². The van der Waals surface area contributed by atoms with Gasteiger partial charge in [-0.2, -0.15) is 0 Å². The van der Waals surface area contributed by atoms with Crippen LogP contribution in [0.5, 0.6) is 0 Å². The van der Waals surface area contributed by atoms with Crippen LogP contribution in [0.25, 0.3) is 0 Å². The molecule has 6 atom stereocenters. The Morgan fingerprint density at radius 3 is 2.52 bits per heavy atom. The first-order valence-electron chi connectivity index (χ1n) is 9.24. The van der Waals surface area contributed by atoms with Crippen molar-refractivity contribution < 1.29 is 27.9 Å². The van der Waals surface area contributed by atoms with Crippen molar-refractivity contribution in [1.29, 1.82) is 0 Å². The van der Waals surface area contributed by atoms with Crippen LogP contribution >= 0.6 is 7.80 Å². The van der Waals surface area contributed by atoms with E-state index in [1.54, 1.807) is 24.3 Å². The number of aryl methyl sites for hydroxylation is 1. The zero-order valence-corrected chi connectivity index (χ0v) is 17.6. The molecule has 8 heteroatoms. The van der Waals surface area contributed by atoms with Gasteiger partial charge in [0.15, 0.2) is 21.7 Å². The molecule has 2 heterocycles. The predicted molar refractivity (Wildman–Crippen MR) is 103 cm³/mol. The van der Waals surface area contributed by atoms with Crippen LogP contribution < -0.4 is 0 Å². The molecule has 6 unspecified atom stereocenters. The molecule has 2 aliphatic rings. The Bertz CT molecular complexity index is 804. The van der Waals surface area contributed by atoms with E-state index in [1.807, 2.05) is 20.8 Å². The summed E-state index contributed by atoms with van der Waals surface area (Å²) in [4.78, 5) is 0.240. The van der Waals surface area contributed by atoms with E-state index in [0.717, 1.165) is 5.56 Å². The van der Waals surface area contributed by atoms with Crippen molar-refractivity contribution in [3.8, 4) is 0 Å². The van der Waals surface area contributed by atoms with E-state index in [1.165, 1.54) is 0 Å². The van der Waals surface area contributed by atoms with Crippen LogP contribution in [0.1, 0.15) is 25.8 Å². The van der Waals surface area contributed by atoms with Crippen molar-refractivity contribution in [2.45, 2.75) is 55.6 Å². The minimum Gasteiger partial charge on any atom is -0.394 e. The molecule has 0 spiro atoms. The molecule has 2 N–H and O–H groups in total. The molecule has 0 amide bonds. The number of sulfone groups is 1. The highest BCUT2D eigenvalue weighted by Gasteiger charge is 2.60. The highest BCUT2D eigenvalue weighted by molar-refractivity contribution is 7.91. The van der Waals surface area contributed by atoms with E-state index in [9.17, 15) is 23.2 Å². The van der Waals surface area contributed by atoms with Gasteiger partial charge in [0.05, 0.1) is 35.2 Å². The molecule has 2 saturated heterocycles. The number of aliphatic hydroxyl groups is 2. The Balaban J connectivity index is 1.89. The molecule has 2 aliphatic heterocycles. The fourth-order valence-electron chi connectivity index (χ4n) is 4.36. The van der Waals surface area contributed by atoms with Gasteiger partial charge < -0.3 is 14.9 Å². The SMILES string of the molecule is Cc1ccc(S(=O)(=O)CC2C3CC(C)(C)OC3C(C(O)CO)C[P+]2=O)cc1. The lowest BCUT2D eigenvalue weighted by molar-refractivity contribution is -0.0817. The second-order valence-corrected chi connectivity index (χ2v) is 12.3. The monoisotopic (exact) mass is 415 g/mol. The first-order chi connectivity index (χ1) is 12.5. The molecule has 0 saturated carbocycles. The third-order valence-electron chi connectivity index (χ3n) is 5.73. The first-order valence-corrected chi connectivity index (χ1v) is 12.4. The van der Waals surface area contributed by atoms with Gasteiger partial charge in [0.25, 0.3) is 0 Å². The molecule has 1 aromatic rings. The maximum absolute atomic E-state index is 13.0. The molecule has 150 valence electrons. The quantitative estimate of drug-likeness (QED) is 0.715. The maximum atomic E-state index is 13.0. The van der Waals surface area contributed by atoms with Gasteiger partial charge in [-0.05, 0) is 39.3 Å². The van der Waals surface area contributed by atoms with E-state index in [-0.39, 0.29) is 22.7 Å². The van der Waals surface area contributed by atoms with Crippen LogP contribution in [0.4, 0.5) is 0 Å². The van der Waals surface area contributed by atoms with Crippen LogP contribution in [0.2, 0.25) is 0 Å². The van der Waals surface area contributed by atoms with Crippen molar-refractivity contribution in [3.05, 3.63) is 29.8 Å². The lowest BCUT2D eigenvalue weighted by Crippen LogP contribution is -2.47. The zero-order chi connectivity index (χ0) is 20.0. The van der Waals surface area contributed by atoms with Crippen molar-refractivity contribution >= 4 is 17.6 Å². The summed E-state index contributed by atoms with van der Waals surface area (Å²) in [6, 6.07) is 6.69. The van der Waals surface area contributed by atoms with Gasteiger partial charge in [-0.15, -0.1) is 0 Å². The molecule has 3 rings (SSSR count). The number of fused-ring (bicyclic) bond motifs is 1. The zero-order valence-electron chi connectivity index (χ0n) is 15.9. The summed E-state index contributed by atoms with van der Waals surface area (Å²) in [5.74, 6) is -0.846. The van der Waals surface area contributed by atoms with Crippen LogP contribution in [-0.2, 0) is 19.1 Å². The molecule has 0 bridgehead atoms. The van der Waals surface area contributed by atoms with E-state index < -0.39 is 53.6 Å². The van der Waals surface area contributed by atoms with Gasteiger partial charge in [-0.1, -0.05) is 22.3 Å². The van der Waals surface area contributed by atoms with Crippen molar-refractivity contribution in [2.75, 3.05) is 18.5 Å². The average molecular weight is 415 g/mol. The summed E-state index contributed by atoms with van der Waals surface area (Å²) in [5.41, 5.74) is -0.0143. The molecular formula is C19H28O6PS+. The van der Waals surface area contributed by atoms with Crippen LogP contribution in [0, 0.1) is 18.8 Å². The van der Waals surface area contributed by atoms with Gasteiger partial charge in [-0.25, -0.2) is 8.42 Å². The number of benzene rings is 1. The Morgan fingerprint density at radius 2 is 1.93 bits per heavy atom. The maximum Gasteiger partial charge on any atom is 0.343 e. The molecule has 2 fully saturated rings. The van der Waals surface area contributed by atoms with Crippen molar-refractivity contribution in [2.24, 2.45) is 11.8 Å². The summed E-state index contributed by atoms with van der Waals surface area (Å²) in [5, 5.41) is 19.5. The van der Waals surface area contributed by atoms with Gasteiger partial charge in [0.1, 0.15) is 5.75 Å². The fraction of sp³-hybridized carbons (Fsp3) is 0.684. The number of rotatable bonds is 5. The molecule has 6 nitrogen and oxygen atoms in total. The largest absolute Gasteiger partial charge is 0.394 e. The van der Waals surface area contributed by atoms with Crippen LogP contribution in [-0.4, -0.2) is 60.6 Å². The third kappa shape index (κ3) is 4.28. The second-order valence-electron chi connectivity index (χ2n) is 8.39. The minimum absolute atomic E-state index is 0.169. The van der Waals surface area contributed by atoms with Gasteiger partial charge >= 0.3 is 7.80 Å². The van der Waals surface area contributed by atoms with E-state index >= 15 is 0 Å². The summed E-state index contributed by atoms with van der Waals surface area (Å²) >= 11 is 0. The number of hydrogen-bond acceptors (Lipinski definition) is 6. The Labute approximate surface area is 161 Å². The van der Waals surface area contributed by atoms with Gasteiger partial charge in [0, 0.05) is 5.92 Å². The average Bonchev–Trinajstić information content (AvgIpc) is 2.92. The molecule has 27 heavy (non-hydrogen) atoms. The van der Waals surface area contributed by atoms with Crippen LogP contribution in [0.3, 0.4) is 0 Å². The fourth-order valence-corrected chi connectivity index (χ4v) is 8.89. The van der Waals surface area contributed by atoms with Crippen LogP contribution in [0.15, 0.2) is 29.2 Å². The Kier molecular flexibility index (Phi) is 5.82. The Morgan fingerprint density at radius 1 is 1.30 bits per heavy atom. The smallest absolute Gasteiger partial charge is 0.343 e. The normalized spacial score (nSPS) is 32.9. The number of hydrogen-bond donors (Lipinski definition) is 2. The molecule has 0 aromatic heterocycles. The third-order valence-corrected chi connectivity index (χ3v) is 9.86. The molecule has 0 aliphatic carbocycles. The topological polar surface area (TPSA) is 101 Å². The summed E-state index contributed by atoms with van der Waals surface area (Å²) < 4.78 is 44.9. The van der Waals surface area contributed by atoms with Gasteiger partial charge in [-0.3, -0.25) is 0 Å². The number of ether oxygens (including phenoxy) is 1. The molecule has 0 radical (unpaired) electrons. The van der Waals surface area contributed by atoms with E-state index in [4.69, 9.17) is 4.74 Å². The summed E-state index contributed by atoms with van der Waals surface area (Å²) in [7, 11) is -5.43. The van der Waals surface area contributed by atoms with E-state index in [0.29, 0.717) is 6.42 Å². The minimum atomic E-state index is -3.58. The molecule has 1 aromatic carbocycles.